The van der Waals surface area contributed by atoms with Gasteiger partial charge in [0, 0.05) is 19.6 Å². The highest BCUT2D eigenvalue weighted by molar-refractivity contribution is 7.89. The third-order valence-corrected chi connectivity index (χ3v) is 5.93. The summed E-state index contributed by atoms with van der Waals surface area (Å²) >= 11 is 5.22. The Bertz CT molecular complexity index is 596. The first-order valence-corrected chi connectivity index (χ1v) is 9.86. The average Bonchev–Trinajstić information content (AvgIpc) is 2.53. The van der Waals surface area contributed by atoms with E-state index in [1.165, 1.54) is 4.31 Å². The van der Waals surface area contributed by atoms with E-state index in [-0.39, 0.29) is 6.04 Å². The molecule has 0 aliphatic carbocycles. The summed E-state index contributed by atoms with van der Waals surface area (Å²) in [5, 5.41) is 6.92. The van der Waals surface area contributed by atoms with Gasteiger partial charge in [-0.25, -0.2) is 8.42 Å². The normalized spacial score (nSPS) is 12.9. The first-order valence-electron chi connectivity index (χ1n) is 8.01. The summed E-state index contributed by atoms with van der Waals surface area (Å²) in [6.45, 7) is 9.52. The molecular formula is C16H27N3O2S2. The number of thiocarbonyl (C=S) groups is 1. The fourth-order valence-corrected chi connectivity index (χ4v) is 3.95. The van der Waals surface area contributed by atoms with E-state index < -0.39 is 10.0 Å². The minimum Gasteiger partial charge on any atom is -0.363 e. The second-order valence-corrected chi connectivity index (χ2v) is 7.63. The fraction of sp³-hybridized carbons (Fsp3) is 0.562. The van der Waals surface area contributed by atoms with Crippen LogP contribution >= 0.6 is 12.2 Å². The summed E-state index contributed by atoms with van der Waals surface area (Å²) in [7, 11) is -3.40. The number of benzene rings is 1. The predicted molar refractivity (Wildman–Crippen MR) is 99.0 cm³/mol. The van der Waals surface area contributed by atoms with Crippen molar-refractivity contribution in [1.29, 1.82) is 0 Å². The van der Waals surface area contributed by atoms with Crippen LogP contribution < -0.4 is 10.6 Å². The van der Waals surface area contributed by atoms with Crippen molar-refractivity contribution in [3.8, 4) is 0 Å². The highest BCUT2D eigenvalue weighted by Crippen LogP contribution is 2.19. The van der Waals surface area contributed by atoms with Gasteiger partial charge in [0.2, 0.25) is 10.0 Å². The van der Waals surface area contributed by atoms with E-state index in [4.69, 9.17) is 12.2 Å². The molecule has 0 bridgehead atoms. The lowest BCUT2D eigenvalue weighted by Gasteiger charge is -2.20. The summed E-state index contributed by atoms with van der Waals surface area (Å²) in [6.07, 6.45) is 1.01. The van der Waals surface area contributed by atoms with Gasteiger partial charge in [-0.05, 0) is 43.3 Å². The van der Waals surface area contributed by atoms with Crippen molar-refractivity contribution in [2.75, 3.05) is 19.6 Å². The Kier molecular flexibility index (Phi) is 7.94. The quantitative estimate of drug-likeness (QED) is 0.701. The highest BCUT2D eigenvalue weighted by Gasteiger charge is 2.21. The molecule has 0 aromatic heterocycles. The van der Waals surface area contributed by atoms with Crippen molar-refractivity contribution in [2.45, 2.75) is 45.1 Å². The van der Waals surface area contributed by atoms with Crippen LogP contribution in [-0.2, 0) is 10.0 Å². The summed E-state index contributed by atoms with van der Waals surface area (Å²) in [5.41, 5.74) is 0.990. The van der Waals surface area contributed by atoms with Crippen LogP contribution in [0.25, 0.3) is 0 Å². The van der Waals surface area contributed by atoms with Gasteiger partial charge in [-0.1, -0.05) is 32.9 Å². The van der Waals surface area contributed by atoms with Crippen LogP contribution in [0.5, 0.6) is 0 Å². The van der Waals surface area contributed by atoms with Crippen molar-refractivity contribution < 1.29 is 8.42 Å². The Balaban J connectivity index is 2.82. The van der Waals surface area contributed by atoms with Gasteiger partial charge in [-0.15, -0.1) is 0 Å². The van der Waals surface area contributed by atoms with Crippen molar-refractivity contribution in [2.24, 2.45) is 0 Å². The lowest BCUT2D eigenvalue weighted by molar-refractivity contribution is 0.445. The molecule has 0 radical (unpaired) electrons. The number of hydrogen-bond acceptors (Lipinski definition) is 3. The third-order valence-electron chi connectivity index (χ3n) is 3.61. The van der Waals surface area contributed by atoms with E-state index in [0.717, 1.165) is 18.5 Å². The minimum absolute atomic E-state index is 0.0112. The molecule has 23 heavy (non-hydrogen) atoms. The van der Waals surface area contributed by atoms with Crippen LogP contribution in [0.15, 0.2) is 29.2 Å². The molecule has 0 fully saturated rings. The zero-order valence-corrected chi connectivity index (χ0v) is 15.9. The fourth-order valence-electron chi connectivity index (χ4n) is 2.21. The van der Waals surface area contributed by atoms with Crippen molar-refractivity contribution in [3.63, 3.8) is 0 Å². The molecular weight excluding hydrogens is 330 g/mol. The second-order valence-electron chi connectivity index (χ2n) is 5.28. The highest BCUT2D eigenvalue weighted by atomic mass is 32.2. The Labute approximate surface area is 145 Å². The number of sulfonamides is 1. The molecule has 0 saturated heterocycles. The maximum atomic E-state index is 12.5. The van der Waals surface area contributed by atoms with Gasteiger partial charge < -0.3 is 10.6 Å². The summed E-state index contributed by atoms with van der Waals surface area (Å²) in [6, 6.07) is 6.98. The Morgan fingerprint density at radius 3 is 2.22 bits per heavy atom. The molecule has 130 valence electrons. The van der Waals surface area contributed by atoms with Crippen molar-refractivity contribution >= 4 is 27.4 Å². The minimum atomic E-state index is -3.40. The molecule has 0 spiro atoms. The molecule has 7 heteroatoms. The number of nitrogens with one attached hydrogen (secondary N) is 2. The summed E-state index contributed by atoms with van der Waals surface area (Å²) in [5.74, 6) is 0. The standard InChI is InChI=1S/C16H27N3O2S2/c1-5-12-17-16(22)18-13(4)14-8-10-15(11-9-14)23(20,21)19(6-2)7-3/h8-11,13H,5-7,12H2,1-4H3,(H2,17,18,22)/t13-/m0/s1. The molecule has 5 nitrogen and oxygen atoms in total. The van der Waals surface area contributed by atoms with Gasteiger partial charge in [0.25, 0.3) is 0 Å². The molecule has 2 N–H and O–H groups in total. The van der Waals surface area contributed by atoms with Gasteiger partial charge in [0.15, 0.2) is 5.11 Å². The lowest BCUT2D eigenvalue weighted by Crippen LogP contribution is -2.37. The smallest absolute Gasteiger partial charge is 0.243 e. The Morgan fingerprint density at radius 2 is 1.74 bits per heavy atom. The van der Waals surface area contributed by atoms with E-state index in [1.807, 2.05) is 32.9 Å². The van der Waals surface area contributed by atoms with Gasteiger partial charge in [0.1, 0.15) is 0 Å². The van der Waals surface area contributed by atoms with Gasteiger partial charge in [0.05, 0.1) is 10.9 Å². The van der Waals surface area contributed by atoms with Crippen LogP contribution in [0.3, 0.4) is 0 Å². The van der Waals surface area contributed by atoms with Gasteiger partial charge >= 0.3 is 0 Å². The molecule has 0 aliphatic heterocycles. The summed E-state index contributed by atoms with van der Waals surface area (Å²) in [4.78, 5) is 0.323. The first kappa shape index (κ1) is 19.9. The van der Waals surface area contributed by atoms with Crippen LogP contribution in [0, 0.1) is 0 Å². The van der Waals surface area contributed by atoms with Crippen molar-refractivity contribution in [3.05, 3.63) is 29.8 Å². The Hall–Kier alpha value is -1.18. The zero-order valence-electron chi connectivity index (χ0n) is 14.3. The van der Waals surface area contributed by atoms with Crippen molar-refractivity contribution in [1.82, 2.24) is 14.9 Å². The molecule has 0 unspecified atom stereocenters. The van der Waals surface area contributed by atoms with Crippen LogP contribution in [0.1, 0.15) is 45.7 Å². The van der Waals surface area contributed by atoms with E-state index in [9.17, 15) is 8.42 Å². The van der Waals surface area contributed by atoms with Gasteiger partial charge in [-0.2, -0.15) is 4.31 Å². The molecule has 1 aromatic carbocycles. The molecule has 1 aromatic rings. The van der Waals surface area contributed by atoms with E-state index in [2.05, 4.69) is 17.6 Å². The third kappa shape index (κ3) is 5.44. The van der Waals surface area contributed by atoms with E-state index in [1.54, 1.807) is 12.1 Å². The topological polar surface area (TPSA) is 61.4 Å². The molecule has 1 atom stereocenters. The Morgan fingerprint density at radius 1 is 1.17 bits per heavy atom. The van der Waals surface area contributed by atoms with E-state index >= 15 is 0 Å². The lowest BCUT2D eigenvalue weighted by atomic mass is 10.1. The first-order chi connectivity index (χ1) is 10.9. The monoisotopic (exact) mass is 357 g/mol. The molecule has 1 rings (SSSR count). The van der Waals surface area contributed by atoms with Crippen LogP contribution in [-0.4, -0.2) is 37.5 Å². The summed E-state index contributed by atoms with van der Waals surface area (Å²) < 4.78 is 26.4. The van der Waals surface area contributed by atoms with Gasteiger partial charge in [-0.3, -0.25) is 0 Å². The van der Waals surface area contributed by atoms with Crippen LogP contribution in [0.2, 0.25) is 0 Å². The predicted octanol–water partition coefficient (Wildman–Crippen LogP) is 2.65. The maximum absolute atomic E-state index is 12.5. The second kappa shape index (κ2) is 9.20. The SMILES string of the molecule is CCCNC(=S)N[C@@H](C)c1ccc(S(=O)(=O)N(CC)CC)cc1. The number of hydrogen-bond donors (Lipinski definition) is 2. The zero-order chi connectivity index (χ0) is 17.5. The molecule has 0 heterocycles. The maximum Gasteiger partial charge on any atom is 0.243 e. The molecule has 0 saturated carbocycles. The molecule has 0 amide bonds. The number of nitrogens with zero attached hydrogens (tertiary/aromatic N) is 1. The van der Waals surface area contributed by atoms with Crippen LogP contribution in [0.4, 0.5) is 0 Å². The molecule has 0 aliphatic rings. The van der Waals surface area contributed by atoms with E-state index in [0.29, 0.717) is 23.1 Å². The number of rotatable bonds is 8. The average molecular weight is 358 g/mol. The largest absolute Gasteiger partial charge is 0.363 e.